The van der Waals surface area contributed by atoms with Gasteiger partial charge in [0, 0.05) is 30.6 Å². The molecule has 1 aliphatic rings. The van der Waals surface area contributed by atoms with Crippen molar-refractivity contribution in [3.05, 3.63) is 59.9 Å². The number of fused-ring (bicyclic) bond motifs is 1. The van der Waals surface area contributed by atoms with E-state index < -0.39 is 0 Å². The first-order valence-electron chi connectivity index (χ1n) is 10.2. The zero-order chi connectivity index (χ0) is 20.5. The topological polar surface area (TPSA) is 98.2 Å². The maximum absolute atomic E-state index is 13.0. The number of aryl methyl sites for hydroxylation is 1. The Labute approximate surface area is 172 Å². The van der Waals surface area contributed by atoms with Gasteiger partial charge in [0.25, 0.3) is 11.8 Å². The molecule has 1 aromatic carbocycles. The van der Waals surface area contributed by atoms with Gasteiger partial charge in [0.2, 0.25) is 5.89 Å². The van der Waals surface area contributed by atoms with Crippen LogP contribution in [0.15, 0.2) is 51.5 Å². The summed E-state index contributed by atoms with van der Waals surface area (Å²) in [5.41, 5.74) is 0.962. The van der Waals surface area contributed by atoms with Crippen molar-refractivity contribution in [2.75, 3.05) is 6.54 Å². The van der Waals surface area contributed by atoms with Gasteiger partial charge in [-0.3, -0.25) is 9.78 Å². The number of likely N-dealkylation sites (tertiary alicyclic amines) is 1. The van der Waals surface area contributed by atoms with Crippen LogP contribution in [0.4, 0.5) is 0 Å². The van der Waals surface area contributed by atoms with Crippen LogP contribution in [0.1, 0.15) is 54.4 Å². The summed E-state index contributed by atoms with van der Waals surface area (Å²) in [7, 11) is 0. The predicted octanol–water partition coefficient (Wildman–Crippen LogP) is 4.20. The average Bonchev–Trinajstić information content (AvgIpc) is 3.53. The normalized spacial score (nSPS) is 16.4. The van der Waals surface area contributed by atoms with Crippen LogP contribution in [-0.4, -0.2) is 37.7 Å². The van der Waals surface area contributed by atoms with Gasteiger partial charge in [-0.25, -0.2) is 0 Å². The third kappa shape index (κ3) is 3.24. The Morgan fingerprint density at radius 1 is 1.23 bits per heavy atom. The summed E-state index contributed by atoms with van der Waals surface area (Å²) in [6, 6.07) is 11.3. The zero-order valence-corrected chi connectivity index (χ0v) is 16.6. The minimum atomic E-state index is -0.278. The first-order valence-corrected chi connectivity index (χ1v) is 10.2. The van der Waals surface area contributed by atoms with Crippen molar-refractivity contribution >= 4 is 16.7 Å². The van der Waals surface area contributed by atoms with E-state index in [0.717, 1.165) is 42.2 Å². The van der Waals surface area contributed by atoms with E-state index in [4.69, 9.17) is 8.94 Å². The van der Waals surface area contributed by atoms with Crippen molar-refractivity contribution in [3.63, 3.8) is 0 Å². The van der Waals surface area contributed by atoms with E-state index in [1.807, 2.05) is 30.3 Å². The third-order valence-corrected chi connectivity index (χ3v) is 5.39. The zero-order valence-electron chi connectivity index (χ0n) is 16.6. The standard InChI is InChI=1S/C22H21N5O3/c1-2-6-15-13-17(26-30-15)22(28)27-12-5-9-18(27)20-24-25-21(29-20)19-16-8-4-3-7-14(16)10-11-23-19/h3-4,7-8,10-11,13,18H,2,5-6,9,12H2,1H3/t18-/m1/s1. The molecule has 4 aromatic rings. The molecule has 1 atom stereocenters. The number of nitrogens with zero attached hydrogens (tertiary/aromatic N) is 5. The lowest BCUT2D eigenvalue weighted by molar-refractivity contribution is 0.0705. The molecular formula is C22H21N5O3. The lowest BCUT2D eigenvalue weighted by Crippen LogP contribution is -2.31. The number of pyridine rings is 1. The van der Waals surface area contributed by atoms with Crippen LogP contribution in [0.25, 0.3) is 22.4 Å². The van der Waals surface area contributed by atoms with Crippen molar-refractivity contribution in [2.45, 2.75) is 38.6 Å². The fourth-order valence-electron chi connectivity index (χ4n) is 3.95. The van der Waals surface area contributed by atoms with Crippen LogP contribution < -0.4 is 0 Å². The van der Waals surface area contributed by atoms with Crippen LogP contribution in [0.5, 0.6) is 0 Å². The minimum absolute atomic E-state index is 0.174. The van der Waals surface area contributed by atoms with Gasteiger partial charge in [0.05, 0.1) is 0 Å². The van der Waals surface area contributed by atoms with Crippen molar-refractivity contribution in [3.8, 4) is 11.6 Å². The lowest BCUT2D eigenvalue weighted by Gasteiger charge is -2.20. The summed E-state index contributed by atoms with van der Waals surface area (Å²) in [6.45, 7) is 2.67. The molecule has 1 amide bonds. The van der Waals surface area contributed by atoms with Gasteiger partial charge >= 0.3 is 0 Å². The molecule has 30 heavy (non-hydrogen) atoms. The highest BCUT2D eigenvalue weighted by Gasteiger charge is 2.35. The number of benzene rings is 1. The second-order valence-corrected chi connectivity index (χ2v) is 7.41. The van der Waals surface area contributed by atoms with Crippen LogP contribution in [0.2, 0.25) is 0 Å². The second-order valence-electron chi connectivity index (χ2n) is 7.41. The molecule has 1 fully saturated rings. The van der Waals surface area contributed by atoms with Gasteiger partial charge in [-0.1, -0.05) is 36.3 Å². The fraction of sp³-hybridized carbons (Fsp3) is 0.318. The maximum atomic E-state index is 13.0. The van der Waals surface area contributed by atoms with Gasteiger partial charge in [0.1, 0.15) is 17.5 Å². The molecule has 0 saturated carbocycles. The quantitative estimate of drug-likeness (QED) is 0.492. The molecule has 8 heteroatoms. The molecule has 0 aliphatic carbocycles. The molecule has 0 radical (unpaired) electrons. The Hall–Kier alpha value is -3.55. The van der Waals surface area contributed by atoms with E-state index in [1.165, 1.54) is 0 Å². The van der Waals surface area contributed by atoms with E-state index in [2.05, 4.69) is 27.3 Å². The molecule has 0 spiro atoms. The number of rotatable bonds is 5. The molecule has 1 saturated heterocycles. The first kappa shape index (κ1) is 18.5. The number of carbonyl (C=O) groups is 1. The van der Waals surface area contributed by atoms with Crippen molar-refractivity contribution < 1.29 is 13.7 Å². The number of aromatic nitrogens is 4. The highest BCUT2D eigenvalue weighted by Crippen LogP contribution is 2.34. The first-order chi connectivity index (χ1) is 14.7. The van der Waals surface area contributed by atoms with Crippen molar-refractivity contribution in [1.29, 1.82) is 0 Å². The number of hydrogen-bond acceptors (Lipinski definition) is 7. The number of amides is 1. The Morgan fingerprint density at radius 3 is 3.03 bits per heavy atom. The van der Waals surface area contributed by atoms with Gasteiger partial charge < -0.3 is 13.8 Å². The van der Waals surface area contributed by atoms with Gasteiger partial charge in [0.15, 0.2) is 5.69 Å². The Balaban J connectivity index is 1.43. The lowest BCUT2D eigenvalue weighted by atomic mass is 10.1. The second kappa shape index (κ2) is 7.70. The highest BCUT2D eigenvalue weighted by molar-refractivity contribution is 5.93. The Bertz CT molecular complexity index is 1190. The van der Waals surface area contributed by atoms with Gasteiger partial charge in [-0.05, 0) is 30.7 Å². The summed E-state index contributed by atoms with van der Waals surface area (Å²) in [4.78, 5) is 19.2. The molecular weight excluding hydrogens is 382 g/mol. The van der Waals surface area contributed by atoms with E-state index >= 15 is 0 Å². The van der Waals surface area contributed by atoms with Crippen LogP contribution in [0.3, 0.4) is 0 Å². The van der Waals surface area contributed by atoms with Crippen molar-refractivity contribution in [1.82, 2.24) is 25.2 Å². The highest BCUT2D eigenvalue weighted by atomic mass is 16.5. The van der Waals surface area contributed by atoms with Crippen LogP contribution in [-0.2, 0) is 6.42 Å². The molecule has 0 N–H and O–H groups in total. The summed E-state index contributed by atoms with van der Waals surface area (Å²) < 4.78 is 11.3. The Morgan fingerprint density at radius 2 is 2.13 bits per heavy atom. The van der Waals surface area contributed by atoms with E-state index in [-0.39, 0.29) is 11.9 Å². The average molecular weight is 403 g/mol. The molecule has 152 valence electrons. The molecule has 8 nitrogen and oxygen atoms in total. The summed E-state index contributed by atoms with van der Waals surface area (Å²) in [5.74, 6) is 1.32. The number of carbonyl (C=O) groups excluding carboxylic acids is 1. The van der Waals surface area contributed by atoms with E-state index in [0.29, 0.717) is 29.7 Å². The molecule has 0 bridgehead atoms. The van der Waals surface area contributed by atoms with Gasteiger partial charge in [-0.2, -0.15) is 0 Å². The van der Waals surface area contributed by atoms with Crippen LogP contribution >= 0.6 is 0 Å². The van der Waals surface area contributed by atoms with E-state index in [9.17, 15) is 4.79 Å². The Kier molecular flexibility index (Phi) is 4.74. The fourth-order valence-corrected chi connectivity index (χ4v) is 3.95. The minimum Gasteiger partial charge on any atom is -0.417 e. The maximum Gasteiger partial charge on any atom is 0.276 e. The summed E-state index contributed by atoms with van der Waals surface area (Å²) in [5, 5.41) is 14.4. The molecule has 4 heterocycles. The third-order valence-electron chi connectivity index (χ3n) is 5.39. The monoisotopic (exact) mass is 403 g/mol. The summed E-state index contributed by atoms with van der Waals surface area (Å²) in [6.07, 6.45) is 5.04. The van der Waals surface area contributed by atoms with Crippen LogP contribution in [0, 0.1) is 0 Å². The SMILES string of the molecule is CCCc1cc(C(=O)N2CCC[C@@H]2c2nnc(-c3nccc4ccccc34)o2)no1. The van der Waals surface area contributed by atoms with E-state index in [1.54, 1.807) is 17.2 Å². The summed E-state index contributed by atoms with van der Waals surface area (Å²) >= 11 is 0. The molecule has 3 aromatic heterocycles. The number of hydrogen-bond donors (Lipinski definition) is 0. The predicted molar refractivity (Wildman–Crippen MR) is 109 cm³/mol. The molecule has 1 aliphatic heterocycles. The largest absolute Gasteiger partial charge is 0.417 e. The smallest absolute Gasteiger partial charge is 0.276 e. The molecule has 5 rings (SSSR count). The molecule has 0 unspecified atom stereocenters. The van der Waals surface area contributed by atoms with Gasteiger partial charge in [-0.15, -0.1) is 10.2 Å². The van der Waals surface area contributed by atoms with Crippen molar-refractivity contribution in [2.24, 2.45) is 0 Å².